The molecule has 0 aliphatic rings. The monoisotopic (exact) mass is 220 g/mol. The number of nitrogens with zero attached hydrogens (tertiary/aromatic N) is 2. The number of benzene rings is 1. The first-order chi connectivity index (χ1) is 7.77. The molecule has 1 aromatic carbocycles. The summed E-state index contributed by atoms with van der Waals surface area (Å²) in [5.41, 5.74) is 1.17. The average Bonchev–Trinajstić information content (AvgIpc) is 2.28. The maximum atomic E-state index is 9.49. The molecule has 0 atom stereocenters. The Morgan fingerprint density at radius 2 is 1.75 bits per heavy atom. The highest BCUT2D eigenvalue weighted by Gasteiger charge is 1.97. The Hall–Kier alpha value is -2.30. The Bertz CT molecular complexity index is 411. The van der Waals surface area contributed by atoms with Crippen LogP contribution in [0.5, 0.6) is 5.75 Å². The van der Waals surface area contributed by atoms with Crippen LogP contribution in [-0.4, -0.2) is 28.0 Å². The van der Waals surface area contributed by atoms with Gasteiger partial charge in [0.05, 0.1) is 12.4 Å². The van der Waals surface area contributed by atoms with E-state index in [1.54, 1.807) is 24.3 Å². The fourth-order valence-electron chi connectivity index (χ4n) is 1.18. The third-order valence-corrected chi connectivity index (χ3v) is 1.96. The van der Waals surface area contributed by atoms with Crippen molar-refractivity contribution >= 4 is 12.4 Å². The molecule has 0 aromatic heterocycles. The van der Waals surface area contributed by atoms with Crippen molar-refractivity contribution < 1.29 is 15.5 Å². The Balaban J connectivity index is 2.81. The lowest BCUT2D eigenvalue weighted by molar-refractivity contribution is 0.320. The average molecular weight is 220 g/mol. The predicted octanol–water partition coefficient (Wildman–Crippen LogP) is 1.78. The molecule has 0 saturated carbocycles. The third kappa shape index (κ3) is 3.45. The molecule has 16 heavy (non-hydrogen) atoms. The number of oxime groups is 2. The smallest absolute Gasteiger partial charge is 0.119 e. The van der Waals surface area contributed by atoms with Gasteiger partial charge in [0, 0.05) is 5.57 Å². The van der Waals surface area contributed by atoms with Crippen LogP contribution in [0.3, 0.4) is 0 Å². The maximum absolute atomic E-state index is 9.49. The predicted molar refractivity (Wildman–Crippen MR) is 60.5 cm³/mol. The van der Waals surface area contributed by atoms with Gasteiger partial charge in [0.15, 0.2) is 0 Å². The van der Waals surface area contributed by atoms with Crippen molar-refractivity contribution in [1.29, 1.82) is 0 Å². The Kier molecular flexibility index (Phi) is 4.59. The van der Waals surface area contributed by atoms with Crippen LogP contribution in [0.2, 0.25) is 0 Å². The van der Waals surface area contributed by atoms with E-state index in [1.165, 1.54) is 0 Å². The molecule has 5 heteroatoms. The topological polar surface area (TPSA) is 85.4 Å². The van der Waals surface area contributed by atoms with Crippen LogP contribution >= 0.6 is 0 Å². The van der Waals surface area contributed by atoms with Gasteiger partial charge in [-0.25, -0.2) is 0 Å². The van der Waals surface area contributed by atoms with Crippen LogP contribution in [-0.2, 0) is 6.42 Å². The Labute approximate surface area is 92.6 Å². The van der Waals surface area contributed by atoms with Gasteiger partial charge in [-0.1, -0.05) is 34.6 Å². The van der Waals surface area contributed by atoms with E-state index < -0.39 is 0 Å². The summed E-state index contributed by atoms with van der Waals surface area (Å²) in [4.78, 5) is 0. The van der Waals surface area contributed by atoms with Gasteiger partial charge >= 0.3 is 0 Å². The van der Waals surface area contributed by atoms with Crippen molar-refractivity contribution in [2.24, 2.45) is 10.3 Å². The van der Waals surface area contributed by atoms with E-state index in [-0.39, 0.29) is 5.75 Å². The highest BCUT2D eigenvalue weighted by atomic mass is 16.4. The molecule has 0 fully saturated rings. The van der Waals surface area contributed by atoms with E-state index in [4.69, 9.17) is 10.4 Å². The van der Waals surface area contributed by atoms with Crippen LogP contribution in [0.25, 0.3) is 0 Å². The number of phenols is 1. The number of rotatable bonds is 4. The van der Waals surface area contributed by atoms with Crippen molar-refractivity contribution in [1.82, 2.24) is 0 Å². The van der Waals surface area contributed by atoms with Crippen molar-refractivity contribution in [3.8, 4) is 5.75 Å². The van der Waals surface area contributed by atoms with Gasteiger partial charge in [-0.2, -0.15) is 0 Å². The molecule has 0 saturated heterocycles. The highest BCUT2D eigenvalue weighted by Crippen LogP contribution is 2.16. The van der Waals surface area contributed by atoms with Crippen LogP contribution < -0.4 is 0 Å². The molecule has 0 aliphatic heterocycles. The third-order valence-electron chi connectivity index (χ3n) is 1.96. The second kappa shape index (κ2) is 6.23. The largest absolute Gasteiger partial charge is 0.508 e. The first-order valence-corrected chi connectivity index (χ1v) is 4.60. The van der Waals surface area contributed by atoms with Crippen LogP contribution in [0.15, 0.2) is 46.2 Å². The summed E-state index contributed by atoms with van der Waals surface area (Å²) >= 11 is 0. The summed E-state index contributed by atoms with van der Waals surface area (Å²) in [5.74, 6) is 0.194. The molecule has 0 radical (unpaired) electrons. The summed E-state index contributed by atoms with van der Waals surface area (Å²) < 4.78 is 0. The van der Waals surface area contributed by atoms with Gasteiger partial charge in [0.1, 0.15) is 5.75 Å². The second-order valence-electron chi connectivity index (χ2n) is 3.03. The molecule has 0 aliphatic carbocycles. The number of phenolic OH excluding ortho intramolecular Hbond substituents is 1. The molecule has 3 N–H and O–H groups in total. The maximum Gasteiger partial charge on any atom is 0.119 e. The fraction of sp³-hybridized carbons (Fsp3) is 0.0909. The minimum Gasteiger partial charge on any atom is -0.508 e. The van der Waals surface area contributed by atoms with Crippen LogP contribution in [0.4, 0.5) is 0 Å². The van der Waals surface area contributed by atoms with Crippen molar-refractivity contribution in [2.45, 2.75) is 6.42 Å². The molecule has 5 nitrogen and oxygen atoms in total. The summed E-state index contributed by atoms with van der Waals surface area (Å²) in [5, 5.41) is 31.9. The Morgan fingerprint density at radius 1 is 1.12 bits per heavy atom. The number of aromatic hydroxyl groups is 1. The first-order valence-electron chi connectivity index (χ1n) is 4.60. The zero-order valence-electron chi connectivity index (χ0n) is 8.48. The molecule has 0 unspecified atom stereocenters. The minimum atomic E-state index is 0.194. The van der Waals surface area contributed by atoms with E-state index in [0.29, 0.717) is 12.0 Å². The summed E-state index contributed by atoms with van der Waals surface area (Å²) in [6.07, 6.45) is 4.38. The quantitative estimate of drug-likeness (QED) is 0.410. The van der Waals surface area contributed by atoms with Crippen molar-refractivity contribution in [3.05, 3.63) is 41.5 Å². The lowest BCUT2D eigenvalue weighted by atomic mass is 10.1. The molecular formula is C11H12N2O3. The van der Waals surface area contributed by atoms with E-state index in [2.05, 4.69) is 10.3 Å². The van der Waals surface area contributed by atoms with E-state index in [1.807, 2.05) is 6.07 Å². The first kappa shape index (κ1) is 11.8. The zero-order valence-corrected chi connectivity index (χ0v) is 8.48. The summed E-state index contributed by atoms with van der Waals surface area (Å²) in [6.45, 7) is 0. The molecule has 84 valence electrons. The lowest BCUT2D eigenvalue weighted by Gasteiger charge is -2.00. The van der Waals surface area contributed by atoms with Crippen molar-refractivity contribution in [2.75, 3.05) is 0 Å². The van der Waals surface area contributed by atoms with Crippen LogP contribution in [0.1, 0.15) is 5.56 Å². The summed E-state index contributed by atoms with van der Waals surface area (Å²) in [7, 11) is 0. The normalized spacial score (nSPS) is 11.0. The number of para-hydroxylation sites is 1. The molecule has 1 aromatic rings. The molecule has 1 rings (SSSR count). The molecule has 0 heterocycles. The number of hydrogen-bond acceptors (Lipinski definition) is 5. The minimum absolute atomic E-state index is 0.194. The van der Waals surface area contributed by atoms with E-state index in [0.717, 1.165) is 18.0 Å². The van der Waals surface area contributed by atoms with E-state index in [9.17, 15) is 5.11 Å². The molecular weight excluding hydrogens is 208 g/mol. The van der Waals surface area contributed by atoms with Gasteiger partial charge in [-0.15, -0.1) is 0 Å². The van der Waals surface area contributed by atoms with Gasteiger partial charge < -0.3 is 15.5 Å². The van der Waals surface area contributed by atoms with Gasteiger partial charge in [-0.3, -0.25) is 0 Å². The van der Waals surface area contributed by atoms with E-state index >= 15 is 0 Å². The molecule has 0 amide bonds. The van der Waals surface area contributed by atoms with Crippen LogP contribution in [0, 0.1) is 0 Å². The SMILES string of the molecule is ON=CC(C=NO)=CCc1ccccc1O. The molecule has 0 spiro atoms. The lowest BCUT2D eigenvalue weighted by Crippen LogP contribution is -1.90. The summed E-state index contributed by atoms with van der Waals surface area (Å²) in [6, 6.07) is 6.90. The second-order valence-corrected chi connectivity index (χ2v) is 3.03. The van der Waals surface area contributed by atoms with Gasteiger partial charge in [0.25, 0.3) is 0 Å². The highest BCUT2D eigenvalue weighted by molar-refractivity contribution is 6.03. The Morgan fingerprint density at radius 3 is 2.31 bits per heavy atom. The number of hydrogen-bond donors (Lipinski definition) is 3. The van der Waals surface area contributed by atoms with Gasteiger partial charge in [-0.05, 0) is 18.1 Å². The van der Waals surface area contributed by atoms with Crippen molar-refractivity contribution in [3.63, 3.8) is 0 Å². The molecule has 0 bridgehead atoms. The standard InChI is InChI=1S/C11H12N2O3/c14-11-4-2-1-3-10(11)6-5-9(7-12-15)8-13-16/h1-5,7-8,14-16H,6H2. The van der Waals surface area contributed by atoms with Gasteiger partial charge in [0.2, 0.25) is 0 Å². The zero-order chi connectivity index (χ0) is 11.8. The number of allylic oxidation sites excluding steroid dienone is 2. The fourth-order valence-corrected chi connectivity index (χ4v) is 1.18.